The summed E-state index contributed by atoms with van der Waals surface area (Å²) in [4.78, 5) is 17.6. The molecular weight excluding hydrogens is 309 g/mol. The lowest BCUT2D eigenvalue weighted by molar-refractivity contribution is -0.115. The predicted molar refractivity (Wildman–Crippen MR) is 93.5 cm³/mol. The first-order valence-electron chi connectivity index (χ1n) is 8.53. The van der Waals surface area contributed by atoms with E-state index in [1.807, 2.05) is 4.90 Å². The van der Waals surface area contributed by atoms with Gasteiger partial charge in [0.05, 0.1) is 23.5 Å². The van der Waals surface area contributed by atoms with Crippen molar-refractivity contribution in [1.29, 1.82) is 0 Å². The summed E-state index contributed by atoms with van der Waals surface area (Å²) >= 11 is 0. The van der Waals surface area contributed by atoms with Gasteiger partial charge in [-0.05, 0) is 38.5 Å². The van der Waals surface area contributed by atoms with Crippen LogP contribution in [-0.2, 0) is 4.79 Å². The maximum Gasteiger partial charge on any atom is 0.151 e. The van der Waals surface area contributed by atoms with Gasteiger partial charge in [-0.1, -0.05) is 13.5 Å². The Labute approximate surface area is 143 Å². The molecule has 0 aromatic rings. The Morgan fingerprint density at radius 2 is 2.12 bits per heavy atom. The van der Waals surface area contributed by atoms with Gasteiger partial charge in [0, 0.05) is 24.4 Å². The SMILES string of the molecule is C=C(/C(N)=C1/C(=NCC(C)=O)CCC1C)N1CCC(O)(CF)CC1. The van der Waals surface area contributed by atoms with Crippen molar-refractivity contribution in [3.63, 3.8) is 0 Å². The summed E-state index contributed by atoms with van der Waals surface area (Å²) in [6.45, 7) is 8.25. The van der Waals surface area contributed by atoms with Gasteiger partial charge in [0.25, 0.3) is 0 Å². The molecule has 2 fully saturated rings. The zero-order valence-electron chi connectivity index (χ0n) is 14.6. The number of alkyl halides is 1. The van der Waals surface area contributed by atoms with Gasteiger partial charge in [0.15, 0.2) is 5.78 Å². The molecule has 1 aliphatic heterocycles. The van der Waals surface area contributed by atoms with Gasteiger partial charge in [-0.15, -0.1) is 0 Å². The van der Waals surface area contributed by atoms with Crippen LogP contribution >= 0.6 is 0 Å². The fourth-order valence-electron chi connectivity index (χ4n) is 3.36. The van der Waals surface area contributed by atoms with Crippen LogP contribution in [0.25, 0.3) is 0 Å². The second-order valence-electron chi connectivity index (χ2n) is 7.02. The van der Waals surface area contributed by atoms with Gasteiger partial charge in [0.2, 0.25) is 0 Å². The third-order valence-corrected chi connectivity index (χ3v) is 5.04. The number of likely N-dealkylation sites (tertiary alicyclic amines) is 1. The second kappa shape index (κ2) is 7.47. The maximum atomic E-state index is 12.9. The van der Waals surface area contributed by atoms with Crippen LogP contribution in [0.15, 0.2) is 28.5 Å². The fourth-order valence-corrected chi connectivity index (χ4v) is 3.36. The molecule has 6 heteroatoms. The number of allylic oxidation sites excluding steroid dienone is 1. The van der Waals surface area contributed by atoms with E-state index in [0.29, 0.717) is 37.3 Å². The number of nitrogens with two attached hydrogens (primary N) is 1. The largest absolute Gasteiger partial charge is 0.397 e. The lowest BCUT2D eigenvalue weighted by atomic mass is 9.92. The van der Waals surface area contributed by atoms with Crippen LogP contribution in [0.2, 0.25) is 0 Å². The average Bonchev–Trinajstić information content (AvgIpc) is 2.93. The highest BCUT2D eigenvalue weighted by Crippen LogP contribution is 2.33. The second-order valence-corrected chi connectivity index (χ2v) is 7.02. The smallest absolute Gasteiger partial charge is 0.151 e. The Hall–Kier alpha value is -1.69. The number of aliphatic imine (C=N–C) groups is 1. The van der Waals surface area contributed by atoms with E-state index in [2.05, 4.69) is 18.5 Å². The number of rotatable bonds is 5. The third kappa shape index (κ3) is 4.04. The lowest BCUT2D eigenvalue weighted by Crippen LogP contribution is -2.45. The molecule has 0 aromatic heterocycles. The van der Waals surface area contributed by atoms with Crippen molar-refractivity contribution >= 4 is 11.5 Å². The molecule has 1 heterocycles. The van der Waals surface area contributed by atoms with Crippen molar-refractivity contribution in [3.05, 3.63) is 23.5 Å². The minimum atomic E-state index is -1.21. The molecular formula is C18H28FN3O2. The summed E-state index contributed by atoms with van der Waals surface area (Å²) in [5.74, 6) is 0.306. The predicted octanol–water partition coefficient (Wildman–Crippen LogP) is 1.97. The van der Waals surface area contributed by atoms with E-state index in [1.54, 1.807) is 0 Å². The van der Waals surface area contributed by atoms with E-state index >= 15 is 0 Å². The molecule has 3 N–H and O–H groups in total. The van der Waals surface area contributed by atoms with E-state index in [9.17, 15) is 14.3 Å². The van der Waals surface area contributed by atoms with Crippen molar-refractivity contribution in [1.82, 2.24) is 4.90 Å². The zero-order chi connectivity index (χ0) is 17.9. The number of nitrogens with zero attached hydrogens (tertiary/aromatic N) is 2. The molecule has 0 bridgehead atoms. The molecule has 24 heavy (non-hydrogen) atoms. The van der Waals surface area contributed by atoms with E-state index in [1.165, 1.54) is 6.92 Å². The van der Waals surface area contributed by atoms with E-state index in [0.717, 1.165) is 24.1 Å². The summed E-state index contributed by atoms with van der Waals surface area (Å²) in [6.07, 6.45) is 2.51. The minimum Gasteiger partial charge on any atom is -0.397 e. The third-order valence-electron chi connectivity index (χ3n) is 5.04. The van der Waals surface area contributed by atoms with Crippen molar-refractivity contribution in [2.75, 3.05) is 26.3 Å². The summed E-state index contributed by atoms with van der Waals surface area (Å²) in [5, 5.41) is 10.0. The van der Waals surface area contributed by atoms with Crippen molar-refractivity contribution < 1.29 is 14.3 Å². The molecule has 1 aliphatic carbocycles. The van der Waals surface area contributed by atoms with Crippen LogP contribution in [0.5, 0.6) is 0 Å². The van der Waals surface area contributed by atoms with Crippen LogP contribution in [0.3, 0.4) is 0 Å². The highest BCUT2D eigenvalue weighted by molar-refractivity contribution is 6.04. The van der Waals surface area contributed by atoms with E-state index in [-0.39, 0.29) is 18.2 Å². The first kappa shape index (κ1) is 18.6. The van der Waals surface area contributed by atoms with Crippen molar-refractivity contribution in [2.24, 2.45) is 16.6 Å². The minimum absolute atomic E-state index is 0.0281. The van der Waals surface area contributed by atoms with Crippen molar-refractivity contribution in [2.45, 2.75) is 45.1 Å². The van der Waals surface area contributed by atoms with Gasteiger partial charge in [0.1, 0.15) is 6.67 Å². The van der Waals surface area contributed by atoms with E-state index in [4.69, 9.17) is 5.73 Å². The van der Waals surface area contributed by atoms with Crippen molar-refractivity contribution in [3.8, 4) is 0 Å². The molecule has 2 aliphatic rings. The lowest BCUT2D eigenvalue weighted by Gasteiger charge is -2.39. The van der Waals surface area contributed by atoms with E-state index < -0.39 is 12.3 Å². The quantitative estimate of drug-likeness (QED) is 0.804. The highest BCUT2D eigenvalue weighted by atomic mass is 19.1. The normalized spacial score (nSPS) is 27.4. The topological polar surface area (TPSA) is 78.9 Å². The number of Topliss-reactive ketones (excluding diaryl/α,β-unsaturated/α-hetero) is 1. The monoisotopic (exact) mass is 337 g/mol. The number of carbonyl (C=O) groups excluding carboxylic acids is 1. The Morgan fingerprint density at radius 3 is 2.67 bits per heavy atom. The number of aliphatic hydroxyl groups is 1. The number of ketones is 1. The van der Waals surface area contributed by atoms with Gasteiger partial charge >= 0.3 is 0 Å². The Balaban J connectivity index is 2.16. The molecule has 0 aromatic carbocycles. The summed E-state index contributed by atoms with van der Waals surface area (Å²) in [5.41, 5.74) is 8.35. The molecule has 1 saturated heterocycles. The van der Waals surface area contributed by atoms with Gasteiger partial charge < -0.3 is 15.7 Å². The molecule has 2 rings (SSSR count). The average molecular weight is 337 g/mol. The first-order chi connectivity index (χ1) is 11.3. The molecule has 0 radical (unpaired) electrons. The molecule has 0 spiro atoms. The number of hydrogen-bond donors (Lipinski definition) is 2. The standard InChI is InChI=1S/C18H28FN3O2/c1-12-4-5-15(21-10-13(2)23)16(12)17(20)14(3)22-8-6-18(24,11-19)7-9-22/h12,24H,3-11,20H2,1-2H3/b17-16-,21-15?. The molecule has 5 nitrogen and oxygen atoms in total. The molecule has 1 unspecified atom stereocenters. The molecule has 1 saturated carbocycles. The van der Waals surface area contributed by atoms with Crippen LogP contribution < -0.4 is 5.73 Å². The Morgan fingerprint density at radius 1 is 1.50 bits per heavy atom. The first-order valence-corrected chi connectivity index (χ1v) is 8.53. The zero-order valence-corrected chi connectivity index (χ0v) is 14.6. The molecule has 1 atom stereocenters. The number of hydrogen-bond acceptors (Lipinski definition) is 5. The van der Waals surface area contributed by atoms with Crippen LogP contribution in [0.4, 0.5) is 4.39 Å². The van der Waals surface area contributed by atoms with Crippen LogP contribution in [0.1, 0.15) is 39.5 Å². The highest BCUT2D eigenvalue weighted by Gasteiger charge is 2.34. The number of carbonyl (C=O) groups is 1. The van der Waals surface area contributed by atoms with Gasteiger partial charge in [-0.3, -0.25) is 9.79 Å². The summed E-state index contributed by atoms with van der Waals surface area (Å²) in [6, 6.07) is 0. The van der Waals surface area contributed by atoms with Gasteiger partial charge in [-0.2, -0.15) is 0 Å². The molecule has 0 amide bonds. The molecule has 134 valence electrons. The fraction of sp³-hybridized carbons (Fsp3) is 0.667. The maximum absolute atomic E-state index is 12.9. The van der Waals surface area contributed by atoms with Gasteiger partial charge in [-0.25, -0.2) is 4.39 Å². The summed E-state index contributed by atoms with van der Waals surface area (Å²) < 4.78 is 12.9. The van der Waals surface area contributed by atoms with Crippen LogP contribution in [-0.4, -0.2) is 53.4 Å². The van der Waals surface area contributed by atoms with Crippen LogP contribution in [0, 0.1) is 5.92 Å². The Bertz CT molecular complexity index is 575. The Kier molecular flexibility index (Phi) is 5.80. The summed E-state index contributed by atoms with van der Waals surface area (Å²) in [7, 11) is 0. The number of piperidine rings is 1. The number of halogens is 1.